The summed E-state index contributed by atoms with van der Waals surface area (Å²) in [5.41, 5.74) is 6.18. The number of halogens is 1. The van der Waals surface area contributed by atoms with Gasteiger partial charge in [-0.2, -0.15) is 0 Å². The summed E-state index contributed by atoms with van der Waals surface area (Å²) in [4.78, 5) is 0. The van der Waals surface area contributed by atoms with Gasteiger partial charge in [-0.05, 0) is 30.3 Å². The Hall–Kier alpha value is -2.07. The minimum Gasteiger partial charge on any atom is -0.497 e. The fourth-order valence-corrected chi connectivity index (χ4v) is 1.59. The van der Waals surface area contributed by atoms with E-state index in [0.29, 0.717) is 11.3 Å². The molecule has 0 heterocycles. The second-order valence-corrected chi connectivity index (χ2v) is 3.71. The molecule has 2 rings (SSSR count). The average Bonchev–Trinajstić information content (AvgIpc) is 2.42. The van der Waals surface area contributed by atoms with E-state index >= 15 is 0 Å². The smallest absolute Gasteiger partial charge is 0.167 e. The van der Waals surface area contributed by atoms with Crippen LogP contribution in [0.3, 0.4) is 0 Å². The van der Waals surface area contributed by atoms with Crippen molar-refractivity contribution in [2.45, 2.75) is 6.54 Å². The Morgan fingerprint density at radius 1 is 1.06 bits per heavy atom. The van der Waals surface area contributed by atoms with Crippen LogP contribution in [0.5, 0.6) is 17.2 Å². The van der Waals surface area contributed by atoms with Crippen molar-refractivity contribution in [3.63, 3.8) is 0 Å². The lowest BCUT2D eigenvalue weighted by molar-refractivity contribution is 0.410. The predicted molar refractivity (Wildman–Crippen MR) is 67.4 cm³/mol. The van der Waals surface area contributed by atoms with E-state index < -0.39 is 5.82 Å². The normalized spacial score (nSPS) is 10.2. The second-order valence-electron chi connectivity index (χ2n) is 3.71. The summed E-state index contributed by atoms with van der Waals surface area (Å²) in [5, 5.41) is 0. The molecule has 0 unspecified atom stereocenters. The molecule has 2 N–H and O–H groups in total. The van der Waals surface area contributed by atoms with Gasteiger partial charge in [-0.3, -0.25) is 0 Å². The highest BCUT2D eigenvalue weighted by Crippen LogP contribution is 2.29. The van der Waals surface area contributed by atoms with Crippen molar-refractivity contribution >= 4 is 0 Å². The quantitative estimate of drug-likeness (QED) is 0.903. The van der Waals surface area contributed by atoms with E-state index in [-0.39, 0.29) is 12.3 Å². The molecule has 0 fully saturated rings. The zero-order chi connectivity index (χ0) is 13.0. The third-order valence-electron chi connectivity index (χ3n) is 2.55. The molecule has 18 heavy (non-hydrogen) atoms. The number of benzene rings is 2. The van der Waals surface area contributed by atoms with E-state index in [1.54, 1.807) is 43.5 Å². The number of methoxy groups -OCH3 is 1. The lowest BCUT2D eigenvalue weighted by Crippen LogP contribution is -2.01. The minimum absolute atomic E-state index is 0.171. The van der Waals surface area contributed by atoms with Gasteiger partial charge in [0.05, 0.1) is 7.11 Å². The van der Waals surface area contributed by atoms with Crippen LogP contribution >= 0.6 is 0 Å². The van der Waals surface area contributed by atoms with Crippen molar-refractivity contribution in [3.05, 3.63) is 53.8 Å². The molecule has 0 bridgehead atoms. The number of ether oxygens (including phenoxy) is 2. The first-order valence-electron chi connectivity index (χ1n) is 5.54. The SMILES string of the molecule is COc1ccc(Oc2c(F)cccc2CN)cc1. The van der Waals surface area contributed by atoms with Gasteiger partial charge >= 0.3 is 0 Å². The van der Waals surface area contributed by atoms with Gasteiger partial charge in [-0.25, -0.2) is 4.39 Å². The van der Waals surface area contributed by atoms with Crippen molar-refractivity contribution in [2.75, 3.05) is 7.11 Å². The number of rotatable bonds is 4. The molecule has 0 saturated carbocycles. The fourth-order valence-electron chi connectivity index (χ4n) is 1.59. The molecule has 0 aliphatic rings. The third kappa shape index (κ3) is 2.60. The summed E-state index contributed by atoms with van der Waals surface area (Å²) in [6.45, 7) is 0.225. The van der Waals surface area contributed by atoms with Crippen LogP contribution in [0.2, 0.25) is 0 Å². The predicted octanol–water partition coefficient (Wildman–Crippen LogP) is 3.09. The van der Waals surface area contributed by atoms with Crippen LogP contribution in [0.1, 0.15) is 5.56 Å². The van der Waals surface area contributed by atoms with E-state index in [9.17, 15) is 4.39 Å². The van der Waals surface area contributed by atoms with Gasteiger partial charge in [0, 0.05) is 12.1 Å². The zero-order valence-electron chi connectivity index (χ0n) is 10.0. The van der Waals surface area contributed by atoms with Crippen LogP contribution in [0, 0.1) is 5.82 Å². The summed E-state index contributed by atoms with van der Waals surface area (Å²) in [6.07, 6.45) is 0. The summed E-state index contributed by atoms with van der Waals surface area (Å²) in [5.74, 6) is 1.00. The monoisotopic (exact) mass is 247 g/mol. The first-order valence-corrected chi connectivity index (χ1v) is 5.54. The molecule has 0 atom stereocenters. The van der Waals surface area contributed by atoms with Gasteiger partial charge in [0.1, 0.15) is 11.5 Å². The topological polar surface area (TPSA) is 44.5 Å². The standard InChI is InChI=1S/C14H14FNO2/c1-17-11-5-7-12(8-6-11)18-14-10(9-16)3-2-4-13(14)15/h2-8H,9,16H2,1H3. The van der Waals surface area contributed by atoms with Crippen LogP contribution in [0.15, 0.2) is 42.5 Å². The third-order valence-corrected chi connectivity index (χ3v) is 2.55. The van der Waals surface area contributed by atoms with E-state index in [1.165, 1.54) is 6.07 Å². The Morgan fingerprint density at radius 3 is 2.33 bits per heavy atom. The molecular weight excluding hydrogens is 233 g/mol. The molecule has 0 saturated heterocycles. The van der Waals surface area contributed by atoms with Crippen LogP contribution in [0.25, 0.3) is 0 Å². The summed E-state index contributed by atoms with van der Waals surface area (Å²) >= 11 is 0. The Morgan fingerprint density at radius 2 is 1.72 bits per heavy atom. The lowest BCUT2D eigenvalue weighted by Gasteiger charge is -2.11. The van der Waals surface area contributed by atoms with E-state index in [1.807, 2.05) is 0 Å². The van der Waals surface area contributed by atoms with Crippen LogP contribution in [0.4, 0.5) is 4.39 Å². The molecule has 3 nitrogen and oxygen atoms in total. The Bertz CT molecular complexity index is 526. The molecule has 0 spiro atoms. The molecular formula is C14H14FNO2. The minimum atomic E-state index is -0.422. The van der Waals surface area contributed by atoms with Crippen molar-refractivity contribution in [2.24, 2.45) is 5.73 Å². The van der Waals surface area contributed by atoms with Gasteiger partial charge in [-0.15, -0.1) is 0 Å². The van der Waals surface area contributed by atoms with Gasteiger partial charge in [0.25, 0.3) is 0 Å². The maximum absolute atomic E-state index is 13.7. The first-order chi connectivity index (χ1) is 8.74. The highest BCUT2D eigenvalue weighted by atomic mass is 19.1. The first kappa shape index (κ1) is 12.4. The zero-order valence-corrected chi connectivity index (χ0v) is 10.0. The molecule has 0 radical (unpaired) electrons. The van der Waals surface area contributed by atoms with E-state index in [2.05, 4.69) is 0 Å². The number of hydrogen-bond donors (Lipinski definition) is 1. The maximum atomic E-state index is 13.7. The summed E-state index contributed by atoms with van der Waals surface area (Å²) in [6, 6.07) is 11.6. The number of nitrogens with two attached hydrogens (primary N) is 1. The highest BCUT2D eigenvalue weighted by Gasteiger charge is 2.09. The van der Waals surface area contributed by atoms with Crippen LogP contribution in [-0.2, 0) is 6.54 Å². The summed E-state index contributed by atoms with van der Waals surface area (Å²) in [7, 11) is 1.58. The molecule has 0 aliphatic heterocycles. The average molecular weight is 247 g/mol. The van der Waals surface area contributed by atoms with Gasteiger partial charge in [0.15, 0.2) is 11.6 Å². The van der Waals surface area contributed by atoms with Crippen molar-refractivity contribution in [1.29, 1.82) is 0 Å². The van der Waals surface area contributed by atoms with E-state index in [4.69, 9.17) is 15.2 Å². The Labute approximate surface area is 105 Å². The number of para-hydroxylation sites is 1. The highest BCUT2D eigenvalue weighted by molar-refractivity contribution is 5.40. The van der Waals surface area contributed by atoms with Crippen LogP contribution in [-0.4, -0.2) is 7.11 Å². The molecule has 2 aromatic carbocycles. The van der Waals surface area contributed by atoms with Gasteiger partial charge in [-0.1, -0.05) is 12.1 Å². The fraction of sp³-hybridized carbons (Fsp3) is 0.143. The van der Waals surface area contributed by atoms with Gasteiger partial charge in [0.2, 0.25) is 0 Å². The molecule has 0 aromatic heterocycles. The lowest BCUT2D eigenvalue weighted by atomic mass is 10.2. The summed E-state index contributed by atoms with van der Waals surface area (Å²) < 4.78 is 24.2. The van der Waals surface area contributed by atoms with Crippen LogP contribution < -0.4 is 15.2 Å². The van der Waals surface area contributed by atoms with Crippen molar-refractivity contribution in [3.8, 4) is 17.2 Å². The van der Waals surface area contributed by atoms with Crippen molar-refractivity contribution < 1.29 is 13.9 Å². The molecule has 0 amide bonds. The molecule has 94 valence electrons. The Kier molecular flexibility index (Phi) is 3.79. The maximum Gasteiger partial charge on any atom is 0.167 e. The second kappa shape index (κ2) is 5.51. The van der Waals surface area contributed by atoms with Crippen molar-refractivity contribution in [1.82, 2.24) is 0 Å². The molecule has 0 aliphatic carbocycles. The molecule has 2 aromatic rings. The van der Waals surface area contributed by atoms with E-state index in [0.717, 1.165) is 5.75 Å². The van der Waals surface area contributed by atoms with Gasteiger partial charge < -0.3 is 15.2 Å². The number of hydrogen-bond acceptors (Lipinski definition) is 3. The molecule has 4 heteroatoms. The largest absolute Gasteiger partial charge is 0.497 e. The Balaban J connectivity index is 2.27.